The first kappa shape index (κ1) is 14.3. The van der Waals surface area contributed by atoms with E-state index in [0.29, 0.717) is 5.69 Å². The van der Waals surface area contributed by atoms with Crippen LogP contribution in [0.2, 0.25) is 0 Å². The van der Waals surface area contributed by atoms with E-state index < -0.39 is 0 Å². The van der Waals surface area contributed by atoms with Crippen LogP contribution in [0.5, 0.6) is 0 Å². The van der Waals surface area contributed by atoms with Crippen molar-refractivity contribution in [2.45, 2.75) is 26.3 Å². The van der Waals surface area contributed by atoms with Gasteiger partial charge in [-0.05, 0) is 32.4 Å². The van der Waals surface area contributed by atoms with Gasteiger partial charge in [-0.3, -0.25) is 9.89 Å². The minimum Gasteiger partial charge on any atom is -0.297 e. The van der Waals surface area contributed by atoms with E-state index in [2.05, 4.69) is 15.3 Å². The number of aromatic nitrogens is 2. The molecule has 0 aliphatic heterocycles. The number of nitrogens with one attached hydrogen (secondary N) is 1. The molecule has 0 radical (unpaired) electrons. The molecular formula is C17H18N4O. The summed E-state index contributed by atoms with van der Waals surface area (Å²) in [6.07, 6.45) is 8.77. The monoisotopic (exact) mass is 294 g/mol. The summed E-state index contributed by atoms with van der Waals surface area (Å²) < 4.78 is 1.61. The van der Waals surface area contributed by atoms with Crippen LogP contribution < -0.4 is 5.56 Å². The van der Waals surface area contributed by atoms with Gasteiger partial charge in [0.1, 0.15) is 0 Å². The van der Waals surface area contributed by atoms with Crippen molar-refractivity contribution in [3.05, 3.63) is 70.2 Å². The molecule has 5 heteroatoms. The van der Waals surface area contributed by atoms with Gasteiger partial charge < -0.3 is 0 Å². The molecule has 0 amide bonds. The Balaban J connectivity index is 1.90. The topological polar surface area (TPSA) is 62.5 Å². The first-order valence-electron chi connectivity index (χ1n) is 7.28. The fraction of sp³-hybridized carbons (Fsp3) is 0.235. The van der Waals surface area contributed by atoms with Crippen LogP contribution in [0.25, 0.3) is 0 Å². The quantitative estimate of drug-likeness (QED) is 0.844. The number of H-pyrrole nitrogens is 1. The summed E-state index contributed by atoms with van der Waals surface area (Å²) in [7, 11) is 0. The fourth-order valence-corrected chi connectivity index (χ4v) is 2.39. The lowest BCUT2D eigenvalue weighted by Crippen LogP contribution is -2.21. The summed E-state index contributed by atoms with van der Waals surface area (Å²) in [6, 6.07) is 7.72. The summed E-state index contributed by atoms with van der Waals surface area (Å²) >= 11 is 0. The maximum Gasteiger partial charge on any atom is 0.295 e. The van der Waals surface area contributed by atoms with E-state index in [1.807, 2.05) is 62.4 Å². The van der Waals surface area contributed by atoms with Crippen LogP contribution in [-0.2, 0) is 0 Å². The molecular weight excluding hydrogens is 276 g/mol. The minimum atomic E-state index is -0.140. The maximum absolute atomic E-state index is 12.5. The number of hydrogen-bond donors (Lipinski definition) is 1. The molecule has 112 valence electrons. The third-order valence-corrected chi connectivity index (χ3v) is 3.65. The van der Waals surface area contributed by atoms with Crippen LogP contribution in [0.15, 0.2) is 63.6 Å². The van der Waals surface area contributed by atoms with E-state index in [-0.39, 0.29) is 11.6 Å². The van der Waals surface area contributed by atoms with Gasteiger partial charge >= 0.3 is 0 Å². The number of benzene rings is 1. The molecule has 1 aromatic heterocycles. The molecule has 0 saturated carbocycles. The van der Waals surface area contributed by atoms with Crippen LogP contribution in [0.3, 0.4) is 0 Å². The van der Waals surface area contributed by atoms with E-state index in [1.165, 1.54) is 0 Å². The second-order valence-electron chi connectivity index (χ2n) is 5.41. The summed E-state index contributed by atoms with van der Waals surface area (Å²) in [4.78, 5) is 12.5. The van der Waals surface area contributed by atoms with Crippen molar-refractivity contribution in [2.75, 3.05) is 0 Å². The molecule has 1 aliphatic carbocycles. The van der Waals surface area contributed by atoms with E-state index in [0.717, 1.165) is 23.4 Å². The Morgan fingerprint density at radius 3 is 2.59 bits per heavy atom. The zero-order valence-electron chi connectivity index (χ0n) is 12.7. The summed E-state index contributed by atoms with van der Waals surface area (Å²) in [5.74, 6) is 0. The molecule has 0 spiro atoms. The lowest BCUT2D eigenvalue weighted by Gasteiger charge is -2.13. The predicted octanol–water partition coefficient (Wildman–Crippen LogP) is 4.27. The van der Waals surface area contributed by atoms with Crippen molar-refractivity contribution >= 4 is 11.4 Å². The van der Waals surface area contributed by atoms with Gasteiger partial charge in [0.05, 0.1) is 17.4 Å². The number of nitrogens with zero attached hydrogens (tertiary/aromatic N) is 3. The van der Waals surface area contributed by atoms with Gasteiger partial charge in [-0.15, -0.1) is 5.11 Å². The van der Waals surface area contributed by atoms with Crippen molar-refractivity contribution in [1.29, 1.82) is 0 Å². The zero-order valence-corrected chi connectivity index (χ0v) is 12.7. The summed E-state index contributed by atoms with van der Waals surface area (Å²) in [5, 5.41) is 11.4. The number of aromatic amines is 1. The lowest BCUT2D eigenvalue weighted by atomic mass is 10.1. The van der Waals surface area contributed by atoms with E-state index in [4.69, 9.17) is 0 Å². The standard InChI is InChI=1S/C17H18N4O/c1-12-8-10-14(11-9-12)18-19-16-13(2)20-21(17(16)22)15-6-4-3-5-7-15/h3-6,8-11,15,20H,7H2,1-2H3. The van der Waals surface area contributed by atoms with Gasteiger partial charge in [0.15, 0.2) is 5.69 Å². The molecule has 0 fully saturated rings. The molecule has 1 atom stereocenters. The van der Waals surface area contributed by atoms with Gasteiger partial charge in [0, 0.05) is 0 Å². The molecule has 1 heterocycles. The largest absolute Gasteiger partial charge is 0.297 e. The Morgan fingerprint density at radius 2 is 1.91 bits per heavy atom. The van der Waals surface area contributed by atoms with Crippen molar-refractivity contribution in [2.24, 2.45) is 10.2 Å². The average molecular weight is 294 g/mol. The minimum absolute atomic E-state index is 0.0134. The maximum atomic E-state index is 12.5. The van der Waals surface area contributed by atoms with Crippen molar-refractivity contribution < 1.29 is 0 Å². The molecule has 22 heavy (non-hydrogen) atoms. The Hall–Kier alpha value is -2.69. The highest BCUT2D eigenvalue weighted by atomic mass is 16.1. The van der Waals surface area contributed by atoms with Gasteiger partial charge in [0.2, 0.25) is 0 Å². The van der Waals surface area contributed by atoms with Crippen LogP contribution in [0.4, 0.5) is 11.4 Å². The third-order valence-electron chi connectivity index (χ3n) is 3.65. The Bertz CT molecular complexity index is 806. The van der Waals surface area contributed by atoms with Crippen molar-refractivity contribution in [3.63, 3.8) is 0 Å². The number of allylic oxidation sites excluding steroid dienone is 4. The smallest absolute Gasteiger partial charge is 0.295 e. The van der Waals surface area contributed by atoms with Gasteiger partial charge in [0.25, 0.3) is 5.56 Å². The molecule has 0 saturated heterocycles. The van der Waals surface area contributed by atoms with Gasteiger partial charge in [-0.25, -0.2) is 4.68 Å². The molecule has 1 unspecified atom stereocenters. The molecule has 5 nitrogen and oxygen atoms in total. The van der Waals surface area contributed by atoms with E-state index >= 15 is 0 Å². The SMILES string of the molecule is Cc1ccc(N=Nc2c(C)[nH]n(C3C=CC=CC3)c2=O)cc1. The Labute approximate surface area is 128 Å². The van der Waals surface area contributed by atoms with Crippen molar-refractivity contribution in [3.8, 4) is 0 Å². The highest BCUT2D eigenvalue weighted by Crippen LogP contribution is 2.21. The average Bonchev–Trinajstić information content (AvgIpc) is 2.82. The van der Waals surface area contributed by atoms with Crippen LogP contribution in [0.1, 0.15) is 23.7 Å². The lowest BCUT2D eigenvalue weighted by molar-refractivity contribution is 0.522. The van der Waals surface area contributed by atoms with Crippen LogP contribution >= 0.6 is 0 Å². The van der Waals surface area contributed by atoms with Crippen LogP contribution in [-0.4, -0.2) is 9.78 Å². The van der Waals surface area contributed by atoms with E-state index in [1.54, 1.807) is 4.68 Å². The molecule has 1 N–H and O–H groups in total. The first-order chi connectivity index (χ1) is 10.6. The number of azo groups is 1. The number of hydrogen-bond acceptors (Lipinski definition) is 3. The molecule has 0 bridgehead atoms. The van der Waals surface area contributed by atoms with Crippen LogP contribution in [0, 0.1) is 13.8 Å². The molecule has 1 aromatic carbocycles. The molecule has 1 aliphatic rings. The molecule has 3 rings (SSSR count). The first-order valence-corrected chi connectivity index (χ1v) is 7.28. The van der Waals surface area contributed by atoms with E-state index in [9.17, 15) is 4.79 Å². The predicted molar refractivity (Wildman–Crippen MR) is 87.1 cm³/mol. The number of rotatable bonds is 3. The van der Waals surface area contributed by atoms with Crippen molar-refractivity contribution in [1.82, 2.24) is 9.78 Å². The highest BCUT2D eigenvalue weighted by molar-refractivity contribution is 5.42. The zero-order chi connectivity index (χ0) is 15.5. The Morgan fingerprint density at radius 1 is 1.14 bits per heavy atom. The summed E-state index contributed by atoms with van der Waals surface area (Å²) in [5.41, 5.74) is 2.85. The second-order valence-corrected chi connectivity index (χ2v) is 5.41. The second kappa shape index (κ2) is 5.97. The normalized spacial score (nSPS) is 17.5. The Kier molecular flexibility index (Phi) is 3.87. The highest BCUT2D eigenvalue weighted by Gasteiger charge is 2.16. The third kappa shape index (κ3) is 2.83. The molecule has 2 aromatic rings. The fourth-order valence-electron chi connectivity index (χ4n) is 2.39. The van der Waals surface area contributed by atoms with Gasteiger partial charge in [-0.1, -0.05) is 42.0 Å². The summed E-state index contributed by atoms with van der Waals surface area (Å²) in [6.45, 7) is 3.85. The van der Waals surface area contributed by atoms with Gasteiger partial charge in [-0.2, -0.15) is 5.11 Å². The number of aryl methyl sites for hydroxylation is 2.